The Morgan fingerprint density at radius 2 is 2.07 bits per heavy atom. The SMILES string of the molecule is NCC1CCCCN1S(=O)(=O)C(F)F. The molecule has 0 radical (unpaired) electrons. The van der Waals surface area contributed by atoms with Crippen LogP contribution in [0.4, 0.5) is 8.78 Å². The number of nitrogens with two attached hydrogens (primary N) is 1. The van der Waals surface area contributed by atoms with E-state index in [9.17, 15) is 17.2 Å². The summed E-state index contributed by atoms with van der Waals surface area (Å²) in [5.74, 6) is -3.34. The first-order valence-electron chi connectivity index (χ1n) is 4.49. The molecule has 7 heteroatoms. The maximum atomic E-state index is 12.2. The van der Waals surface area contributed by atoms with E-state index in [2.05, 4.69) is 0 Å². The van der Waals surface area contributed by atoms with Crippen molar-refractivity contribution in [2.45, 2.75) is 31.1 Å². The highest BCUT2D eigenvalue weighted by atomic mass is 32.2. The summed E-state index contributed by atoms with van der Waals surface area (Å²) in [7, 11) is -4.44. The number of rotatable bonds is 3. The Morgan fingerprint density at radius 1 is 1.43 bits per heavy atom. The van der Waals surface area contributed by atoms with Gasteiger partial charge in [0.1, 0.15) is 0 Å². The second kappa shape index (κ2) is 4.50. The molecule has 2 N–H and O–H groups in total. The summed E-state index contributed by atoms with van der Waals surface area (Å²) in [5, 5.41) is 0. The maximum absolute atomic E-state index is 12.2. The van der Waals surface area contributed by atoms with Crippen LogP contribution in [0.25, 0.3) is 0 Å². The molecule has 14 heavy (non-hydrogen) atoms. The molecule has 0 aromatic rings. The highest BCUT2D eigenvalue weighted by Gasteiger charge is 2.37. The van der Waals surface area contributed by atoms with E-state index in [0.717, 1.165) is 10.7 Å². The van der Waals surface area contributed by atoms with Gasteiger partial charge >= 0.3 is 5.76 Å². The Bertz CT molecular complexity index is 281. The van der Waals surface area contributed by atoms with E-state index in [0.29, 0.717) is 12.8 Å². The molecule has 1 saturated heterocycles. The lowest BCUT2D eigenvalue weighted by atomic mass is 10.1. The smallest absolute Gasteiger partial charge is 0.329 e. The summed E-state index contributed by atoms with van der Waals surface area (Å²) in [6, 6.07) is -0.456. The zero-order valence-electron chi connectivity index (χ0n) is 7.70. The van der Waals surface area contributed by atoms with E-state index < -0.39 is 21.8 Å². The molecule has 0 amide bonds. The van der Waals surface area contributed by atoms with Crippen LogP contribution in [0, 0.1) is 0 Å². The zero-order chi connectivity index (χ0) is 10.8. The van der Waals surface area contributed by atoms with Crippen LogP contribution in [0.1, 0.15) is 19.3 Å². The molecule has 0 aliphatic carbocycles. The molecule has 0 spiro atoms. The molecule has 1 rings (SSSR count). The van der Waals surface area contributed by atoms with E-state index in [1.807, 2.05) is 0 Å². The molecule has 1 fully saturated rings. The molecule has 1 heterocycles. The summed E-state index contributed by atoms with van der Waals surface area (Å²) >= 11 is 0. The fourth-order valence-corrected chi connectivity index (χ4v) is 2.84. The first-order valence-corrected chi connectivity index (χ1v) is 5.99. The first kappa shape index (κ1) is 11.8. The number of sulfonamides is 1. The molecule has 1 atom stereocenters. The number of alkyl halides is 2. The predicted octanol–water partition coefficient (Wildman–Crippen LogP) is 0.352. The van der Waals surface area contributed by atoms with Gasteiger partial charge in [0.05, 0.1) is 0 Å². The van der Waals surface area contributed by atoms with Crippen LogP contribution >= 0.6 is 0 Å². The van der Waals surface area contributed by atoms with Crippen LogP contribution in [-0.2, 0) is 10.0 Å². The van der Waals surface area contributed by atoms with Crippen molar-refractivity contribution in [3.8, 4) is 0 Å². The van der Waals surface area contributed by atoms with Crippen LogP contribution < -0.4 is 5.73 Å². The van der Waals surface area contributed by atoms with E-state index >= 15 is 0 Å². The molecule has 0 saturated carbocycles. The minimum atomic E-state index is -4.44. The van der Waals surface area contributed by atoms with Crippen molar-refractivity contribution < 1.29 is 17.2 Å². The lowest BCUT2D eigenvalue weighted by Crippen LogP contribution is -2.49. The third-order valence-corrected chi connectivity index (χ3v) is 3.98. The van der Waals surface area contributed by atoms with Gasteiger partial charge in [-0.3, -0.25) is 0 Å². The van der Waals surface area contributed by atoms with Crippen LogP contribution in [0.3, 0.4) is 0 Å². The summed E-state index contributed by atoms with van der Waals surface area (Å²) in [4.78, 5) is 0. The van der Waals surface area contributed by atoms with Crippen molar-refractivity contribution in [2.75, 3.05) is 13.1 Å². The van der Waals surface area contributed by atoms with E-state index in [1.165, 1.54) is 0 Å². The number of halogens is 2. The molecule has 1 unspecified atom stereocenters. The monoisotopic (exact) mass is 228 g/mol. The van der Waals surface area contributed by atoms with Crippen molar-refractivity contribution >= 4 is 10.0 Å². The Morgan fingerprint density at radius 3 is 2.57 bits per heavy atom. The molecule has 1 aliphatic rings. The quantitative estimate of drug-likeness (QED) is 0.758. The predicted molar refractivity (Wildman–Crippen MR) is 48.3 cm³/mol. The average molecular weight is 228 g/mol. The third-order valence-electron chi connectivity index (χ3n) is 2.40. The molecule has 0 aromatic heterocycles. The van der Waals surface area contributed by atoms with Crippen LogP contribution in [0.2, 0.25) is 0 Å². The van der Waals surface area contributed by atoms with E-state index in [-0.39, 0.29) is 13.1 Å². The standard InChI is InChI=1S/C7H14F2N2O2S/c8-7(9)14(12,13)11-4-2-1-3-6(11)5-10/h6-7H,1-5,10H2. The molecule has 84 valence electrons. The number of hydrogen-bond acceptors (Lipinski definition) is 3. The molecule has 4 nitrogen and oxygen atoms in total. The van der Waals surface area contributed by atoms with Gasteiger partial charge in [0.2, 0.25) is 0 Å². The number of piperidine rings is 1. The fourth-order valence-electron chi connectivity index (χ4n) is 1.65. The second-order valence-corrected chi connectivity index (χ2v) is 5.16. The Labute approximate surface area is 82.1 Å². The molecular formula is C7H14F2N2O2S. The van der Waals surface area contributed by atoms with Crippen molar-refractivity contribution in [3.05, 3.63) is 0 Å². The Kier molecular flexibility index (Phi) is 3.79. The molecular weight excluding hydrogens is 214 g/mol. The van der Waals surface area contributed by atoms with Gasteiger partial charge in [0.15, 0.2) is 0 Å². The first-order chi connectivity index (χ1) is 6.50. The van der Waals surface area contributed by atoms with Gasteiger partial charge < -0.3 is 5.73 Å². The molecule has 0 bridgehead atoms. The van der Waals surface area contributed by atoms with Gasteiger partial charge in [-0.05, 0) is 12.8 Å². The van der Waals surface area contributed by atoms with Crippen LogP contribution in [0.5, 0.6) is 0 Å². The minimum absolute atomic E-state index is 0.103. The van der Waals surface area contributed by atoms with Gasteiger partial charge in [-0.25, -0.2) is 8.42 Å². The van der Waals surface area contributed by atoms with Crippen molar-refractivity contribution in [1.82, 2.24) is 4.31 Å². The average Bonchev–Trinajstić information content (AvgIpc) is 2.17. The zero-order valence-corrected chi connectivity index (χ0v) is 8.51. The van der Waals surface area contributed by atoms with Crippen LogP contribution in [0.15, 0.2) is 0 Å². The summed E-state index contributed by atoms with van der Waals surface area (Å²) < 4.78 is 47.7. The second-order valence-electron chi connectivity index (χ2n) is 3.30. The fraction of sp³-hybridized carbons (Fsp3) is 1.00. The van der Waals surface area contributed by atoms with Gasteiger partial charge in [0.25, 0.3) is 10.0 Å². The maximum Gasteiger partial charge on any atom is 0.350 e. The molecule has 1 aliphatic heterocycles. The summed E-state index contributed by atoms with van der Waals surface area (Å²) in [6.45, 7) is 0.264. The van der Waals surface area contributed by atoms with Crippen molar-refractivity contribution in [2.24, 2.45) is 5.73 Å². The number of hydrogen-bond donors (Lipinski definition) is 1. The molecule has 0 aromatic carbocycles. The topological polar surface area (TPSA) is 63.4 Å². The summed E-state index contributed by atoms with van der Waals surface area (Å²) in [6.07, 6.45) is 2.04. The highest BCUT2D eigenvalue weighted by Crippen LogP contribution is 2.23. The van der Waals surface area contributed by atoms with Crippen LogP contribution in [-0.4, -0.2) is 37.6 Å². The van der Waals surface area contributed by atoms with Gasteiger partial charge in [0, 0.05) is 19.1 Å². The number of nitrogens with zero attached hydrogens (tertiary/aromatic N) is 1. The normalized spacial score (nSPS) is 25.6. The van der Waals surface area contributed by atoms with Crippen molar-refractivity contribution in [3.63, 3.8) is 0 Å². The highest BCUT2D eigenvalue weighted by molar-refractivity contribution is 7.89. The lowest BCUT2D eigenvalue weighted by molar-refractivity contribution is 0.194. The van der Waals surface area contributed by atoms with E-state index in [4.69, 9.17) is 5.73 Å². The summed E-state index contributed by atoms with van der Waals surface area (Å²) in [5.41, 5.74) is 5.34. The minimum Gasteiger partial charge on any atom is -0.329 e. The van der Waals surface area contributed by atoms with E-state index in [1.54, 1.807) is 0 Å². The Balaban J connectivity index is 2.83. The Hall–Kier alpha value is -0.270. The lowest BCUT2D eigenvalue weighted by Gasteiger charge is -2.33. The largest absolute Gasteiger partial charge is 0.350 e. The van der Waals surface area contributed by atoms with Crippen molar-refractivity contribution in [1.29, 1.82) is 0 Å². The van der Waals surface area contributed by atoms with Gasteiger partial charge in [-0.2, -0.15) is 13.1 Å². The third kappa shape index (κ3) is 2.21. The van der Waals surface area contributed by atoms with Gasteiger partial charge in [-0.15, -0.1) is 0 Å². The van der Waals surface area contributed by atoms with Gasteiger partial charge in [-0.1, -0.05) is 6.42 Å².